The van der Waals surface area contributed by atoms with E-state index >= 15 is 0 Å². The van der Waals surface area contributed by atoms with Gasteiger partial charge in [0.05, 0.1) is 12.1 Å². The number of anilines is 1. The molecule has 7 nitrogen and oxygen atoms in total. The molecular weight excluding hydrogens is 246 g/mol. The maximum Gasteiger partial charge on any atom is 0.330 e. The normalized spacial score (nSPS) is 14.7. The molecule has 102 valence electrons. The summed E-state index contributed by atoms with van der Waals surface area (Å²) in [5.74, 6) is 1.30. The van der Waals surface area contributed by atoms with E-state index in [2.05, 4.69) is 15.3 Å². The van der Waals surface area contributed by atoms with Crippen LogP contribution in [0.15, 0.2) is 4.79 Å². The van der Waals surface area contributed by atoms with Crippen molar-refractivity contribution >= 4 is 17.0 Å². The van der Waals surface area contributed by atoms with Crippen molar-refractivity contribution in [2.24, 2.45) is 0 Å². The van der Waals surface area contributed by atoms with Gasteiger partial charge in [0.25, 0.3) is 0 Å². The second-order valence-corrected chi connectivity index (χ2v) is 5.55. The zero-order valence-corrected chi connectivity index (χ0v) is 11.3. The van der Waals surface area contributed by atoms with Gasteiger partial charge in [0.2, 0.25) is 0 Å². The fourth-order valence-electron chi connectivity index (χ4n) is 2.47. The molecule has 0 aliphatic carbocycles. The fraction of sp³-hybridized carbons (Fsp3) is 0.583. The summed E-state index contributed by atoms with van der Waals surface area (Å²) in [6.45, 7) is 6.62. The standard InChI is InChI=1S/C12H17N5O2/c1-7-14-9-8-10(15-7)17(6-12(2,3)19)11(18)16(8)5-4-13-9/h19H,4-6H2,1-3H3,(H,13,14,15). The molecule has 2 aromatic rings. The van der Waals surface area contributed by atoms with E-state index in [-0.39, 0.29) is 12.2 Å². The lowest BCUT2D eigenvalue weighted by Gasteiger charge is -2.17. The highest BCUT2D eigenvalue weighted by molar-refractivity contribution is 5.84. The molecule has 0 fully saturated rings. The predicted octanol–water partition coefficient (Wildman–Crippen LogP) is 0.0978. The minimum atomic E-state index is -0.969. The van der Waals surface area contributed by atoms with Gasteiger partial charge in [0.15, 0.2) is 11.5 Å². The van der Waals surface area contributed by atoms with E-state index in [9.17, 15) is 9.90 Å². The highest BCUT2D eigenvalue weighted by Gasteiger charge is 2.25. The van der Waals surface area contributed by atoms with Gasteiger partial charge in [0, 0.05) is 13.1 Å². The fourth-order valence-corrected chi connectivity index (χ4v) is 2.47. The Labute approximate surface area is 109 Å². The molecule has 0 atom stereocenters. The quantitative estimate of drug-likeness (QED) is 0.802. The Balaban J connectivity index is 2.34. The number of hydrogen-bond donors (Lipinski definition) is 2. The number of hydrogen-bond acceptors (Lipinski definition) is 5. The molecule has 0 radical (unpaired) electrons. The van der Waals surface area contributed by atoms with E-state index < -0.39 is 5.60 Å². The molecule has 1 aliphatic rings. The summed E-state index contributed by atoms with van der Waals surface area (Å²) in [7, 11) is 0. The molecule has 7 heteroatoms. The number of imidazole rings is 1. The van der Waals surface area contributed by atoms with Gasteiger partial charge in [0.1, 0.15) is 11.3 Å². The lowest BCUT2D eigenvalue weighted by atomic mass is 10.1. The van der Waals surface area contributed by atoms with E-state index in [1.807, 2.05) is 0 Å². The number of aliphatic hydroxyl groups is 1. The van der Waals surface area contributed by atoms with Crippen LogP contribution in [0.3, 0.4) is 0 Å². The van der Waals surface area contributed by atoms with Crippen molar-refractivity contribution in [1.29, 1.82) is 0 Å². The highest BCUT2D eigenvalue weighted by atomic mass is 16.3. The van der Waals surface area contributed by atoms with E-state index in [0.717, 1.165) is 5.52 Å². The summed E-state index contributed by atoms with van der Waals surface area (Å²) in [6.07, 6.45) is 0. The molecule has 0 unspecified atom stereocenters. The van der Waals surface area contributed by atoms with Crippen LogP contribution in [0.25, 0.3) is 11.2 Å². The van der Waals surface area contributed by atoms with Crippen molar-refractivity contribution in [2.45, 2.75) is 39.5 Å². The van der Waals surface area contributed by atoms with Crippen LogP contribution in [0, 0.1) is 6.92 Å². The maximum atomic E-state index is 12.4. The van der Waals surface area contributed by atoms with Gasteiger partial charge in [-0.3, -0.25) is 9.13 Å². The lowest BCUT2D eigenvalue weighted by molar-refractivity contribution is 0.0613. The molecule has 19 heavy (non-hydrogen) atoms. The lowest BCUT2D eigenvalue weighted by Crippen LogP contribution is -2.34. The van der Waals surface area contributed by atoms with E-state index in [4.69, 9.17) is 0 Å². The first-order chi connectivity index (χ1) is 8.87. The Morgan fingerprint density at radius 1 is 1.42 bits per heavy atom. The van der Waals surface area contributed by atoms with Gasteiger partial charge in [-0.05, 0) is 20.8 Å². The zero-order chi connectivity index (χ0) is 13.8. The minimum absolute atomic E-state index is 0.139. The summed E-state index contributed by atoms with van der Waals surface area (Å²) >= 11 is 0. The predicted molar refractivity (Wildman–Crippen MR) is 71.3 cm³/mol. The van der Waals surface area contributed by atoms with Crippen molar-refractivity contribution in [2.75, 3.05) is 11.9 Å². The molecule has 0 bridgehead atoms. The van der Waals surface area contributed by atoms with Crippen LogP contribution in [0.5, 0.6) is 0 Å². The first-order valence-electron chi connectivity index (χ1n) is 6.31. The molecule has 0 saturated heterocycles. The third kappa shape index (κ3) is 1.90. The van der Waals surface area contributed by atoms with Gasteiger partial charge in [-0.2, -0.15) is 0 Å². The van der Waals surface area contributed by atoms with Crippen LogP contribution in [0.2, 0.25) is 0 Å². The average Bonchev–Trinajstić information content (AvgIpc) is 2.55. The largest absolute Gasteiger partial charge is 0.389 e. The van der Waals surface area contributed by atoms with Gasteiger partial charge in [-0.1, -0.05) is 0 Å². The second-order valence-electron chi connectivity index (χ2n) is 5.55. The number of nitrogens with one attached hydrogen (secondary N) is 1. The summed E-state index contributed by atoms with van der Waals surface area (Å²) < 4.78 is 3.20. The van der Waals surface area contributed by atoms with Crippen molar-refractivity contribution in [3.05, 3.63) is 16.3 Å². The van der Waals surface area contributed by atoms with Crippen LogP contribution in [0.1, 0.15) is 19.7 Å². The van der Waals surface area contributed by atoms with Crippen LogP contribution < -0.4 is 11.0 Å². The van der Waals surface area contributed by atoms with E-state index in [1.54, 1.807) is 25.3 Å². The van der Waals surface area contributed by atoms with E-state index in [1.165, 1.54) is 4.57 Å². The Morgan fingerprint density at radius 2 is 2.16 bits per heavy atom. The summed E-state index contributed by atoms with van der Waals surface area (Å²) in [5, 5.41) is 13.1. The summed E-state index contributed by atoms with van der Waals surface area (Å²) in [6, 6.07) is 0. The Morgan fingerprint density at radius 3 is 2.84 bits per heavy atom. The second kappa shape index (κ2) is 3.80. The number of rotatable bonds is 2. The SMILES string of the molecule is Cc1nc2c3c(n1)n(CC(C)(C)O)c(=O)n3CCN2. The highest BCUT2D eigenvalue weighted by Crippen LogP contribution is 2.23. The molecule has 2 N–H and O–H groups in total. The Kier molecular flexibility index (Phi) is 2.43. The molecule has 0 amide bonds. The van der Waals surface area contributed by atoms with Gasteiger partial charge in [-0.15, -0.1) is 0 Å². The first kappa shape index (κ1) is 12.2. The van der Waals surface area contributed by atoms with Gasteiger partial charge < -0.3 is 10.4 Å². The van der Waals surface area contributed by atoms with Crippen LogP contribution >= 0.6 is 0 Å². The van der Waals surface area contributed by atoms with Crippen molar-refractivity contribution in [3.63, 3.8) is 0 Å². The van der Waals surface area contributed by atoms with Crippen molar-refractivity contribution in [3.8, 4) is 0 Å². The van der Waals surface area contributed by atoms with E-state index in [0.29, 0.717) is 30.4 Å². The summed E-state index contributed by atoms with van der Waals surface area (Å²) in [4.78, 5) is 21.1. The molecule has 0 aromatic carbocycles. The zero-order valence-electron chi connectivity index (χ0n) is 11.3. The number of aryl methyl sites for hydroxylation is 1. The first-order valence-corrected chi connectivity index (χ1v) is 6.31. The molecule has 0 spiro atoms. The van der Waals surface area contributed by atoms with Crippen LogP contribution in [-0.4, -0.2) is 36.4 Å². The Hall–Kier alpha value is -1.89. The third-order valence-electron chi connectivity index (χ3n) is 3.14. The van der Waals surface area contributed by atoms with Crippen LogP contribution in [0.4, 0.5) is 5.82 Å². The van der Waals surface area contributed by atoms with Gasteiger partial charge in [-0.25, -0.2) is 14.8 Å². The maximum absolute atomic E-state index is 12.4. The monoisotopic (exact) mass is 263 g/mol. The number of nitrogens with zero attached hydrogens (tertiary/aromatic N) is 4. The summed E-state index contributed by atoms with van der Waals surface area (Å²) in [5.41, 5.74) is 0.205. The molecular formula is C12H17N5O2. The van der Waals surface area contributed by atoms with Crippen LogP contribution in [-0.2, 0) is 13.1 Å². The topological polar surface area (TPSA) is 85.0 Å². The Bertz CT molecular complexity index is 707. The molecule has 2 aromatic heterocycles. The van der Waals surface area contributed by atoms with Crippen molar-refractivity contribution in [1.82, 2.24) is 19.1 Å². The van der Waals surface area contributed by atoms with Crippen molar-refractivity contribution < 1.29 is 5.11 Å². The number of aromatic nitrogens is 4. The third-order valence-corrected chi connectivity index (χ3v) is 3.14. The minimum Gasteiger partial charge on any atom is -0.389 e. The molecule has 3 heterocycles. The smallest absolute Gasteiger partial charge is 0.330 e. The average molecular weight is 263 g/mol. The molecule has 1 aliphatic heterocycles. The molecule has 0 saturated carbocycles. The van der Waals surface area contributed by atoms with Gasteiger partial charge >= 0.3 is 5.69 Å². The molecule has 3 rings (SSSR count).